The summed E-state index contributed by atoms with van der Waals surface area (Å²) in [7, 11) is 0. The highest BCUT2D eigenvalue weighted by atomic mass is 32.1. The van der Waals surface area contributed by atoms with Crippen LogP contribution in [0.1, 0.15) is 5.56 Å². The maximum atomic E-state index is 10.8. The predicted molar refractivity (Wildman–Crippen MR) is 88.5 cm³/mol. The summed E-state index contributed by atoms with van der Waals surface area (Å²) in [5.41, 5.74) is 7.95. The van der Waals surface area contributed by atoms with E-state index in [-0.39, 0.29) is 11.4 Å². The SMILES string of the molecule is Cc1cccc(NC(=S)Nc2ccc(N)c([N+](=O)[O-])c2)c1. The molecule has 108 valence electrons. The molecule has 0 heterocycles. The van der Waals surface area contributed by atoms with Crippen molar-refractivity contribution in [3.63, 3.8) is 0 Å². The summed E-state index contributed by atoms with van der Waals surface area (Å²) in [6.45, 7) is 1.98. The number of nitro groups is 1. The maximum absolute atomic E-state index is 10.8. The molecule has 0 aliphatic carbocycles. The summed E-state index contributed by atoms with van der Waals surface area (Å²) in [5.74, 6) is 0. The first kappa shape index (κ1) is 14.7. The fourth-order valence-corrected chi connectivity index (χ4v) is 2.03. The normalized spacial score (nSPS) is 9.95. The van der Waals surface area contributed by atoms with Gasteiger partial charge in [0.25, 0.3) is 5.69 Å². The summed E-state index contributed by atoms with van der Waals surface area (Å²) in [5, 5.41) is 17.1. The second-order valence-corrected chi connectivity index (χ2v) is 4.89. The lowest BCUT2D eigenvalue weighted by atomic mass is 10.2. The van der Waals surface area contributed by atoms with Crippen molar-refractivity contribution in [2.75, 3.05) is 16.4 Å². The van der Waals surface area contributed by atoms with Crippen LogP contribution in [-0.2, 0) is 0 Å². The molecule has 2 aromatic carbocycles. The van der Waals surface area contributed by atoms with E-state index in [1.165, 1.54) is 12.1 Å². The quantitative estimate of drug-likeness (QED) is 0.349. The van der Waals surface area contributed by atoms with E-state index in [9.17, 15) is 10.1 Å². The van der Waals surface area contributed by atoms with E-state index in [1.807, 2.05) is 31.2 Å². The highest BCUT2D eigenvalue weighted by molar-refractivity contribution is 7.80. The second-order valence-electron chi connectivity index (χ2n) is 4.48. The molecule has 0 amide bonds. The van der Waals surface area contributed by atoms with E-state index >= 15 is 0 Å². The number of nitrogen functional groups attached to an aromatic ring is 1. The van der Waals surface area contributed by atoms with Gasteiger partial charge in [-0.1, -0.05) is 12.1 Å². The van der Waals surface area contributed by atoms with Crippen LogP contribution in [-0.4, -0.2) is 10.0 Å². The molecular formula is C14H14N4O2S. The standard InChI is InChI=1S/C14H14N4O2S/c1-9-3-2-4-10(7-9)16-14(21)17-11-5-6-12(15)13(8-11)18(19)20/h2-8H,15H2,1H3,(H2,16,17,21). The van der Waals surface area contributed by atoms with Gasteiger partial charge in [-0.25, -0.2) is 0 Å². The Morgan fingerprint density at radius 3 is 2.48 bits per heavy atom. The lowest BCUT2D eigenvalue weighted by Gasteiger charge is -2.11. The highest BCUT2D eigenvalue weighted by Gasteiger charge is 2.12. The first-order valence-electron chi connectivity index (χ1n) is 6.14. The zero-order chi connectivity index (χ0) is 15.4. The number of hydrogen-bond acceptors (Lipinski definition) is 4. The molecule has 6 nitrogen and oxygen atoms in total. The van der Waals surface area contributed by atoms with Crippen molar-refractivity contribution >= 4 is 40.1 Å². The number of thiocarbonyl (C=S) groups is 1. The van der Waals surface area contributed by atoms with Gasteiger partial charge in [-0.15, -0.1) is 0 Å². The summed E-state index contributed by atoms with van der Waals surface area (Å²) in [6, 6.07) is 12.2. The van der Waals surface area contributed by atoms with Crippen molar-refractivity contribution in [2.24, 2.45) is 0 Å². The molecule has 0 spiro atoms. The van der Waals surface area contributed by atoms with Crippen molar-refractivity contribution in [3.8, 4) is 0 Å². The molecule has 0 aliphatic heterocycles. The van der Waals surface area contributed by atoms with Crippen molar-refractivity contribution in [3.05, 3.63) is 58.1 Å². The topological polar surface area (TPSA) is 93.2 Å². The first-order chi connectivity index (χ1) is 9.95. The largest absolute Gasteiger partial charge is 0.393 e. The van der Waals surface area contributed by atoms with Crippen molar-refractivity contribution in [2.45, 2.75) is 6.92 Å². The molecule has 2 rings (SSSR count). The van der Waals surface area contributed by atoms with E-state index in [1.54, 1.807) is 6.07 Å². The average Bonchev–Trinajstić information content (AvgIpc) is 2.40. The molecule has 0 saturated carbocycles. The van der Waals surface area contributed by atoms with Crippen LogP contribution in [0.5, 0.6) is 0 Å². The molecule has 0 radical (unpaired) electrons. The molecule has 0 bridgehead atoms. The minimum atomic E-state index is -0.530. The van der Waals surface area contributed by atoms with Gasteiger partial charge in [-0.3, -0.25) is 10.1 Å². The minimum absolute atomic E-state index is 0.114. The Balaban J connectivity index is 2.09. The highest BCUT2D eigenvalue weighted by Crippen LogP contribution is 2.25. The fourth-order valence-electron chi connectivity index (χ4n) is 1.80. The van der Waals surface area contributed by atoms with E-state index in [2.05, 4.69) is 10.6 Å². The second kappa shape index (κ2) is 6.19. The average molecular weight is 302 g/mol. The first-order valence-corrected chi connectivity index (χ1v) is 6.55. The number of hydrogen-bond donors (Lipinski definition) is 3. The van der Waals surface area contributed by atoms with Crippen LogP contribution in [0.4, 0.5) is 22.7 Å². The lowest BCUT2D eigenvalue weighted by Crippen LogP contribution is -2.19. The Morgan fingerprint density at radius 2 is 1.86 bits per heavy atom. The van der Waals surface area contributed by atoms with Gasteiger partial charge >= 0.3 is 0 Å². The summed E-state index contributed by atoms with van der Waals surface area (Å²) < 4.78 is 0. The third-order valence-electron chi connectivity index (χ3n) is 2.76. The van der Waals surface area contributed by atoms with Crippen molar-refractivity contribution in [1.29, 1.82) is 0 Å². The van der Waals surface area contributed by atoms with E-state index < -0.39 is 4.92 Å². The Morgan fingerprint density at radius 1 is 1.19 bits per heavy atom. The third kappa shape index (κ3) is 3.90. The molecule has 0 fully saturated rings. The molecule has 0 atom stereocenters. The molecule has 0 aromatic heterocycles. The van der Waals surface area contributed by atoms with Crippen molar-refractivity contribution in [1.82, 2.24) is 0 Å². The van der Waals surface area contributed by atoms with Crippen LogP contribution in [0, 0.1) is 17.0 Å². The number of nitrogens with zero attached hydrogens (tertiary/aromatic N) is 1. The predicted octanol–water partition coefficient (Wildman–Crippen LogP) is 3.29. The monoisotopic (exact) mass is 302 g/mol. The van der Waals surface area contributed by atoms with Crippen LogP contribution < -0.4 is 16.4 Å². The van der Waals surface area contributed by atoms with Gasteiger partial charge in [0, 0.05) is 17.4 Å². The Kier molecular flexibility index (Phi) is 4.34. The maximum Gasteiger partial charge on any atom is 0.294 e. The van der Waals surface area contributed by atoms with Crippen LogP contribution in [0.2, 0.25) is 0 Å². The Hall–Kier alpha value is -2.67. The van der Waals surface area contributed by atoms with Gasteiger partial charge in [0.2, 0.25) is 0 Å². The van der Waals surface area contributed by atoms with Crippen LogP contribution in [0.25, 0.3) is 0 Å². The molecular weight excluding hydrogens is 288 g/mol. The third-order valence-corrected chi connectivity index (χ3v) is 2.97. The summed E-state index contributed by atoms with van der Waals surface area (Å²) in [4.78, 5) is 10.3. The summed E-state index contributed by atoms with van der Waals surface area (Å²) >= 11 is 5.18. The van der Waals surface area contributed by atoms with Crippen LogP contribution >= 0.6 is 12.2 Å². The zero-order valence-corrected chi connectivity index (χ0v) is 12.1. The molecule has 4 N–H and O–H groups in total. The lowest BCUT2D eigenvalue weighted by molar-refractivity contribution is -0.383. The van der Waals surface area contributed by atoms with Crippen LogP contribution in [0.15, 0.2) is 42.5 Å². The van der Waals surface area contributed by atoms with Gasteiger partial charge in [-0.2, -0.15) is 0 Å². The number of anilines is 3. The molecule has 7 heteroatoms. The van der Waals surface area contributed by atoms with Gasteiger partial charge in [0.1, 0.15) is 5.69 Å². The zero-order valence-electron chi connectivity index (χ0n) is 11.3. The summed E-state index contributed by atoms with van der Waals surface area (Å²) in [6.07, 6.45) is 0. The number of benzene rings is 2. The molecule has 0 saturated heterocycles. The number of nitro benzene ring substituents is 1. The Labute approximate surface area is 127 Å². The minimum Gasteiger partial charge on any atom is -0.393 e. The van der Waals surface area contributed by atoms with Gasteiger partial charge in [0.15, 0.2) is 5.11 Å². The number of nitrogens with two attached hydrogens (primary N) is 1. The smallest absolute Gasteiger partial charge is 0.294 e. The van der Waals surface area contributed by atoms with Gasteiger partial charge in [-0.05, 0) is 49.0 Å². The Bertz CT molecular complexity index is 703. The number of nitrogens with one attached hydrogen (secondary N) is 2. The fraction of sp³-hybridized carbons (Fsp3) is 0.0714. The number of aryl methyl sites for hydroxylation is 1. The van der Waals surface area contributed by atoms with Gasteiger partial charge in [0.05, 0.1) is 4.92 Å². The van der Waals surface area contributed by atoms with E-state index in [0.717, 1.165) is 11.3 Å². The van der Waals surface area contributed by atoms with Gasteiger partial charge < -0.3 is 16.4 Å². The molecule has 0 unspecified atom stereocenters. The van der Waals surface area contributed by atoms with Crippen LogP contribution in [0.3, 0.4) is 0 Å². The van der Waals surface area contributed by atoms with Crippen molar-refractivity contribution < 1.29 is 4.92 Å². The molecule has 2 aromatic rings. The van der Waals surface area contributed by atoms with E-state index in [0.29, 0.717) is 10.8 Å². The number of rotatable bonds is 3. The molecule has 21 heavy (non-hydrogen) atoms. The molecule has 0 aliphatic rings. The van der Waals surface area contributed by atoms with E-state index in [4.69, 9.17) is 18.0 Å².